The molecule has 0 unspecified atom stereocenters. The van der Waals surface area contributed by atoms with Gasteiger partial charge >= 0.3 is 0 Å². The lowest BCUT2D eigenvalue weighted by atomic mass is 10.3. The van der Waals surface area contributed by atoms with E-state index < -0.39 is 0 Å². The van der Waals surface area contributed by atoms with Crippen molar-refractivity contribution in [1.29, 1.82) is 0 Å². The van der Waals surface area contributed by atoms with Gasteiger partial charge < -0.3 is 9.72 Å². The minimum absolute atomic E-state index is 0.792. The lowest BCUT2D eigenvalue weighted by Gasteiger charge is -1.94. The second-order valence-corrected chi connectivity index (χ2v) is 2.07. The van der Waals surface area contributed by atoms with Crippen molar-refractivity contribution in [3.63, 3.8) is 0 Å². The van der Waals surface area contributed by atoms with Gasteiger partial charge in [0.15, 0.2) is 0 Å². The van der Waals surface area contributed by atoms with Gasteiger partial charge in [0.25, 0.3) is 0 Å². The number of H-pyrrole nitrogens is 1. The van der Waals surface area contributed by atoms with E-state index in [-0.39, 0.29) is 0 Å². The van der Waals surface area contributed by atoms with Gasteiger partial charge in [0.05, 0.1) is 12.4 Å². The van der Waals surface area contributed by atoms with Gasteiger partial charge in [0.2, 0.25) is 0 Å². The van der Waals surface area contributed by atoms with Crippen LogP contribution >= 0.6 is 0 Å². The minimum Gasteiger partial charge on any atom is -0.385 e. The highest BCUT2D eigenvalue weighted by molar-refractivity contribution is 4.85. The third kappa shape index (κ3) is 2.19. The largest absolute Gasteiger partial charge is 0.385 e. The van der Waals surface area contributed by atoms with Crippen LogP contribution in [0.2, 0.25) is 0 Å². The molecule has 0 aromatic carbocycles. The predicted octanol–water partition coefficient (Wildman–Crippen LogP) is 0.789. The van der Waals surface area contributed by atoms with E-state index in [1.54, 1.807) is 13.3 Å². The quantitative estimate of drug-likeness (QED) is 0.626. The molecule has 3 nitrogen and oxygen atoms in total. The van der Waals surface area contributed by atoms with Gasteiger partial charge in [-0.2, -0.15) is 0 Å². The van der Waals surface area contributed by atoms with E-state index in [9.17, 15) is 0 Å². The molecule has 1 radical (unpaired) electrons. The summed E-state index contributed by atoms with van der Waals surface area (Å²) >= 11 is 0. The Bertz CT molecular complexity index is 160. The molecule has 1 aromatic heterocycles. The molecule has 1 rings (SSSR count). The van der Waals surface area contributed by atoms with Crippen molar-refractivity contribution >= 4 is 0 Å². The molecular formula is C7H11N2O. The van der Waals surface area contributed by atoms with Crippen LogP contribution in [0.3, 0.4) is 0 Å². The second-order valence-electron chi connectivity index (χ2n) is 2.07. The van der Waals surface area contributed by atoms with Gasteiger partial charge in [-0.25, -0.2) is 4.98 Å². The van der Waals surface area contributed by atoms with E-state index in [1.165, 1.54) is 0 Å². The average molecular weight is 139 g/mol. The molecule has 0 amide bonds. The van der Waals surface area contributed by atoms with Crippen molar-refractivity contribution in [2.75, 3.05) is 13.7 Å². The highest BCUT2D eigenvalue weighted by Gasteiger charge is 1.92. The third-order valence-electron chi connectivity index (χ3n) is 1.26. The molecule has 10 heavy (non-hydrogen) atoms. The number of ether oxygens (including phenoxy) is 1. The van der Waals surface area contributed by atoms with E-state index >= 15 is 0 Å². The maximum atomic E-state index is 4.89. The third-order valence-corrected chi connectivity index (χ3v) is 1.26. The smallest absolute Gasteiger partial charge is 0.106 e. The summed E-state index contributed by atoms with van der Waals surface area (Å²) in [6.45, 7) is 0.792. The molecule has 0 aliphatic heterocycles. The van der Waals surface area contributed by atoms with Crippen LogP contribution in [0.1, 0.15) is 12.2 Å². The fourth-order valence-electron chi connectivity index (χ4n) is 0.769. The van der Waals surface area contributed by atoms with Crippen LogP contribution in [0.25, 0.3) is 0 Å². The fraction of sp³-hybridized carbons (Fsp3) is 0.571. The van der Waals surface area contributed by atoms with Crippen molar-refractivity contribution in [2.45, 2.75) is 12.8 Å². The van der Waals surface area contributed by atoms with Gasteiger partial charge in [0, 0.05) is 20.1 Å². The number of hydrogen-bond acceptors (Lipinski definition) is 2. The van der Waals surface area contributed by atoms with Crippen molar-refractivity contribution in [1.82, 2.24) is 9.97 Å². The lowest BCUT2D eigenvalue weighted by Crippen LogP contribution is -1.93. The molecule has 0 saturated carbocycles. The van der Waals surface area contributed by atoms with Crippen LogP contribution in [0, 0.1) is 6.20 Å². The molecule has 0 saturated heterocycles. The van der Waals surface area contributed by atoms with Gasteiger partial charge in [-0.1, -0.05) is 0 Å². The summed E-state index contributed by atoms with van der Waals surface area (Å²) in [5, 5.41) is 0. The average Bonchev–Trinajstić information content (AvgIpc) is 2.41. The minimum atomic E-state index is 0.792. The van der Waals surface area contributed by atoms with Crippen LogP contribution in [0.4, 0.5) is 0 Å². The first-order chi connectivity index (χ1) is 4.93. The number of rotatable bonds is 4. The summed E-state index contributed by atoms with van der Waals surface area (Å²) in [4.78, 5) is 6.93. The zero-order valence-electron chi connectivity index (χ0n) is 6.05. The van der Waals surface area contributed by atoms with Gasteiger partial charge in [0.1, 0.15) is 5.82 Å². The molecule has 55 valence electrons. The SMILES string of the molecule is COCCCc1nc[c][nH]1. The standard InChI is InChI=1S/C7H11N2O/c1-10-6-2-3-7-8-4-5-9-7/h4H,2-3,6H2,1H3,(H,8,9). The molecule has 0 aliphatic rings. The maximum absolute atomic E-state index is 4.89. The molecule has 1 aromatic rings. The van der Waals surface area contributed by atoms with Crippen molar-refractivity contribution in [3.05, 3.63) is 18.2 Å². The molecule has 0 fully saturated rings. The number of aromatic nitrogens is 2. The maximum Gasteiger partial charge on any atom is 0.106 e. The highest BCUT2D eigenvalue weighted by Crippen LogP contribution is 1.93. The van der Waals surface area contributed by atoms with Crippen molar-refractivity contribution in [3.8, 4) is 0 Å². The lowest BCUT2D eigenvalue weighted by molar-refractivity contribution is 0.194. The second kappa shape index (κ2) is 4.06. The molecular weight excluding hydrogens is 128 g/mol. The van der Waals surface area contributed by atoms with Gasteiger partial charge in [-0.05, 0) is 6.42 Å². The van der Waals surface area contributed by atoms with Gasteiger partial charge in [-0.3, -0.25) is 0 Å². The summed E-state index contributed by atoms with van der Waals surface area (Å²) in [7, 11) is 1.70. The first-order valence-corrected chi connectivity index (χ1v) is 3.32. The van der Waals surface area contributed by atoms with E-state index in [0.29, 0.717) is 0 Å². The van der Waals surface area contributed by atoms with Crippen LogP contribution < -0.4 is 0 Å². The Morgan fingerprint density at radius 1 is 1.80 bits per heavy atom. The van der Waals surface area contributed by atoms with Crippen LogP contribution in [-0.4, -0.2) is 23.7 Å². The Labute approximate surface area is 60.4 Å². The normalized spacial score (nSPS) is 10.1. The summed E-state index contributed by atoms with van der Waals surface area (Å²) in [6, 6.07) is 0. The summed E-state index contributed by atoms with van der Waals surface area (Å²) in [5.41, 5.74) is 0. The summed E-state index contributed by atoms with van der Waals surface area (Å²) in [6.07, 6.45) is 6.37. The number of hydrogen-bond donors (Lipinski definition) is 1. The first-order valence-electron chi connectivity index (χ1n) is 3.32. The number of nitrogens with one attached hydrogen (secondary N) is 1. The van der Waals surface area contributed by atoms with Crippen LogP contribution in [-0.2, 0) is 11.2 Å². The molecule has 0 aliphatic carbocycles. The zero-order valence-corrected chi connectivity index (χ0v) is 6.05. The molecule has 0 spiro atoms. The number of aryl methyl sites for hydroxylation is 1. The number of nitrogens with zero attached hydrogens (tertiary/aromatic N) is 1. The Kier molecular flexibility index (Phi) is 2.96. The topological polar surface area (TPSA) is 37.9 Å². The molecule has 0 atom stereocenters. The van der Waals surface area contributed by atoms with Crippen molar-refractivity contribution < 1.29 is 4.74 Å². The Morgan fingerprint density at radius 3 is 3.30 bits per heavy atom. The van der Waals surface area contributed by atoms with E-state index in [1.807, 2.05) is 0 Å². The monoisotopic (exact) mass is 139 g/mol. The molecule has 1 N–H and O–H groups in total. The summed E-state index contributed by atoms with van der Waals surface area (Å²) < 4.78 is 4.89. The number of methoxy groups -OCH3 is 1. The number of imidazole rings is 1. The molecule has 0 bridgehead atoms. The first kappa shape index (κ1) is 7.28. The predicted molar refractivity (Wildman–Crippen MR) is 37.6 cm³/mol. The highest BCUT2D eigenvalue weighted by atomic mass is 16.5. The van der Waals surface area contributed by atoms with E-state index in [0.717, 1.165) is 25.3 Å². The van der Waals surface area contributed by atoms with Crippen molar-refractivity contribution in [2.24, 2.45) is 0 Å². The fourth-order valence-corrected chi connectivity index (χ4v) is 0.769. The summed E-state index contributed by atoms with van der Waals surface area (Å²) in [5.74, 6) is 0.983. The van der Waals surface area contributed by atoms with E-state index in [2.05, 4.69) is 16.2 Å². The van der Waals surface area contributed by atoms with Gasteiger partial charge in [-0.15, -0.1) is 0 Å². The van der Waals surface area contributed by atoms with Crippen LogP contribution in [0.15, 0.2) is 6.20 Å². The molecule has 1 heterocycles. The zero-order chi connectivity index (χ0) is 7.23. The van der Waals surface area contributed by atoms with Crippen LogP contribution in [0.5, 0.6) is 0 Å². The molecule has 3 heteroatoms. The Morgan fingerprint density at radius 2 is 2.70 bits per heavy atom. The number of aromatic amines is 1. The Hall–Kier alpha value is -0.830. The van der Waals surface area contributed by atoms with E-state index in [4.69, 9.17) is 4.74 Å². The Balaban J connectivity index is 2.15.